The first-order valence-corrected chi connectivity index (χ1v) is 10.7. The van der Waals surface area contributed by atoms with Crippen LogP contribution in [0.5, 0.6) is 0 Å². The Balaban J connectivity index is 3.15. The zero-order chi connectivity index (χ0) is 18.6. The topological polar surface area (TPSA) is 40.5 Å². The lowest BCUT2D eigenvalue weighted by Gasteiger charge is -2.13. The highest BCUT2D eigenvalue weighted by atomic mass is 16.4. The summed E-state index contributed by atoms with van der Waals surface area (Å²) in [5.41, 5.74) is 0. The number of carboxylic acid groups (broad SMARTS) is 1. The number of rotatable bonds is 19. The van der Waals surface area contributed by atoms with Gasteiger partial charge in [-0.2, -0.15) is 0 Å². The molecule has 0 aliphatic carbocycles. The van der Waals surface area contributed by atoms with Gasteiger partial charge in [-0.1, -0.05) is 83.3 Å². The summed E-state index contributed by atoms with van der Waals surface area (Å²) < 4.78 is 0. The minimum Gasteiger partial charge on any atom is -0.480 e. The van der Waals surface area contributed by atoms with Gasteiger partial charge in [-0.15, -0.1) is 0 Å². The fourth-order valence-electron chi connectivity index (χ4n) is 3.12. The van der Waals surface area contributed by atoms with Gasteiger partial charge in [0.05, 0.1) is 6.54 Å². The summed E-state index contributed by atoms with van der Waals surface area (Å²) >= 11 is 0. The van der Waals surface area contributed by atoms with Gasteiger partial charge >= 0.3 is 5.97 Å². The van der Waals surface area contributed by atoms with Gasteiger partial charge < -0.3 is 5.11 Å². The zero-order valence-electron chi connectivity index (χ0n) is 17.0. The molecular weight excluding hydrogens is 310 g/mol. The zero-order valence-corrected chi connectivity index (χ0v) is 17.0. The van der Waals surface area contributed by atoms with Crippen LogP contribution in [0, 0.1) is 0 Å². The molecule has 0 unspecified atom stereocenters. The van der Waals surface area contributed by atoms with Crippen molar-refractivity contribution in [2.24, 2.45) is 0 Å². The highest BCUT2D eigenvalue weighted by molar-refractivity contribution is 5.68. The van der Waals surface area contributed by atoms with Crippen LogP contribution in [-0.4, -0.2) is 36.1 Å². The van der Waals surface area contributed by atoms with Crippen molar-refractivity contribution in [3.05, 3.63) is 12.2 Å². The van der Waals surface area contributed by atoms with Gasteiger partial charge in [0, 0.05) is 0 Å². The van der Waals surface area contributed by atoms with E-state index in [-0.39, 0.29) is 6.54 Å². The molecule has 3 nitrogen and oxygen atoms in total. The number of hydrogen-bond acceptors (Lipinski definition) is 2. The number of nitrogens with zero attached hydrogens (tertiary/aromatic N) is 1. The smallest absolute Gasteiger partial charge is 0.317 e. The van der Waals surface area contributed by atoms with E-state index in [1.165, 1.54) is 89.9 Å². The summed E-state index contributed by atoms with van der Waals surface area (Å²) in [6.07, 6.45) is 24.6. The minimum atomic E-state index is -0.733. The van der Waals surface area contributed by atoms with Gasteiger partial charge in [-0.05, 0) is 45.7 Å². The number of hydrogen-bond donors (Lipinski definition) is 1. The third kappa shape index (κ3) is 21.1. The second-order valence-electron chi connectivity index (χ2n) is 7.42. The average molecular weight is 354 g/mol. The van der Waals surface area contributed by atoms with Crippen LogP contribution in [0.25, 0.3) is 0 Å². The number of unbranched alkanes of at least 4 members (excludes halogenated alkanes) is 13. The molecule has 1 N–H and O–H groups in total. The molecule has 0 amide bonds. The van der Waals surface area contributed by atoms with E-state index in [4.69, 9.17) is 5.11 Å². The summed E-state index contributed by atoms with van der Waals surface area (Å²) in [5, 5.41) is 8.68. The molecule has 0 aromatic heterocycles. The van der Waals surface area contributed by atoms with Crippen LogP contribution in [0.4, 0.5) is 0 Å². The molecule has 0 saturated carbocycles. The van der Waals surface area contributed by atoms with Crippen LogP contribution < -0.4 is 0 Å². The van der Waals surface area contributed by atoms with E-state index < -0.39 is 5.97 Å². The third-order valence-electron chi connectivity index (χ3n) is 4.71. The van der Waals surface area contributed by atoms with E-state index in [0.717, 1.165) is 13.0 Å². The van der Waals surface area contributed by atoms with E-state index in [2.05, 4.69) is 19.1 Å². The Morgan fingerprint density at radius 2 is 1.20 bits per heavy atom. The van der Waals surface area contributed by atoms with Crippen LogP contribution >= 0.6 is 0 Å². The van der Waals surface area contributed by atoms with Gasteiger partial charge in [0.1, 0.15) is 0 Å². The number of carbonyl (C=O) groups is 1. The average Bonchev–Trinajstić information content (AvgIpc) is 2.57. The lowest BCUT2D eigenvalue weighted by molar-refractivity contribution is -0.137. The maximum Gasteiger partial charge on any atom is 0.317 e. The number of likely N-dealkylation sites (N-methyl/N-ethyl adjacent to an activating group) is 1. The van der Waals surface area contributed by atoms with Crippen LogP contribution in [0.15, 0.2) is 12.2 Å². The van der Waals surface area contributed by atoms with Crippen molar-refractivity contribution in [1.82, 2.24) is 4.90 Å². The normalized spacial score (nSPS) is 11.6. The molecule has 0 aliphatic heterocycles. The van der Waals surface area contributed by atoms with Crippen molar-refractivity contribution in [3.63, 3.8) is 0 Å². The number of carboxylic acids is 1. The number of allylic oxidation sites excluding steroid dienone is 2. The van der Waals surface area contributed by atoms with Crippen LogP contribution in [0.2, 0.25) is 0 Å². The SMILES string of the molecule is CCCCCCCC/C=C\CCCCCCCCCN(C)CC(=O)O. The number of aliphatic carboxylic acids is 1. The fourth-order valence-corrected chi connectivity index (χ4v) is 3.12. The maximum absolute atomic E-state index is 10.5. The Morgan fingerprint density at radius 3 is 1.68 bits per heavy atom. The molecule has 0 rings (SSSR count). The summed E-state index contributed by atoms with van der Waals surface area (Å²) in [5.74, 6) is -0.733. The Bertz CT molecular complexity index is 315. The van der Waals surface area contributed by atoms with E-state index in [1.807, 2.05) is 11.9 Å². The van der Waals surface area contributed by atoms with E-state index in [1.54, 1.807) is 0 Å². The van der Waals surface area contributed by atoms with Crippen molar-refractivity contribution in [3.8, 4) is 0 Å². The molecule has 0 aromatic rings. The van der Waals surface area contributed by atoms with Crippen LogP contribution in [-0.2, 0) is 4.79 Å². The Hall–Kier alpha value is -0.830. The van der Waals surface area contributed by atoms with Crippen molar-refractivity contribution >= 4 is 5.97 Å². The second kappa shape index (κ2) is 19.5. The lowest BCUT2D eigenvalue weighted by atomic mass is 10.1. The monoisotopic (exact) mass is 353 g/mol. The van der Waals surface area contributed by atoms with Crippen molar-refractivity contribution < 1.29 is 9.90 Å². The third-order valence-corrected chi connectivity index (χ3v) is 4.71. The molecule has 0 heterocycles. The summed E-state index contributed by atoms with van der Waals surface area (Å²) in [4.78, 5) is 12.4. The molecule has 0 aliphatic rings. The molecule has 0 radical (unpaired) electrons. The van der Waals surface area contributed by atoms with Gasteiger partial charge in [0.25, 0.3) is 0 Å². The first-order chi connectivity index (χ1) is 12.2. The summed E-state index contributed by atoms with van der Waals surface area (Å²) in [7, 11) is 1.88. The molecule has 0 atom stereocenters. The van der Waals surface area contributed by atoms with Crippen molar-refractivity contribution in [2.45, 2.75) is 103 Å². The van der Waals surface area contributed by atoms with Gasteiger partial charge in [-0.3, -0.25) is 9.69 Å². The van der Waals surface area contributed by atoms with Gasteiger partial charge in [0.15, 0.2) is 0 Å². The maximum atomic E-state index is 10.5. The first-order valence-electron chi connectivity index (χ1n) is 10.7. The molecule has 0 spiro atoms. The fraction of sp³-hybridized carbons (Fsp3) is 0.864. The standard InChI is InChI=1S/C22H43NO2/c1-3-4-5-6-7-8-9-10-11-12-13-14-15-16-17-18-19-20-23(2)21-22(24)25/h10-11H,3-9,12-21H2,1-2H3,(H,24,25)/b11-10-. The predicted molar refractivity (Wildman–Crippen MR) is 109 cm³/mol. The molecule has 0 fully saturated rings. The first kappa shape index (κ1) is 24.2. The molecule has 0 bridgehead atoms. The lowest BCUT2D eigenvalue weighted by Crippen LogP contribution is -2.26. The Morgan fingerprint density at radius 1 is 0.760 bits per heavy atom. The van der Waals surface area contributed by atoms with Crippen molar-refractivity contribution in [1.29, 1.82) is 0 Å². The quantitative estimate of drug-likeness (QED) is 0.215. The highest BCUT2D eigenvalue weighted by Crippen LogP contribution is 2.10. The van der Waals surface area contributed by atoms with Crippen molar-refractivity contribution in [2.75, 3.05) is 20.1 Å². The molecule has 148 valence electrons. The summed E-state index contributed by atoms with van der Waals surface area (Å²) in [6.45, 7) is 3.33. The van der Waals surface area contributed by atoms with Gasteiger partial charge in [-0.25, -0.2) is 0 Å². The largest absolute Gasteiger partial charge is 0.480 e. The Kier molecular flexibility index (Phi) is 18.8. The van der Waals surface area contributed by atoms with E-state index >= 15 is 0 Å². The van der Waals surface area contributed by atoms with E-state index in [0.29, 0.717) is 0 Å². The summed E-state index contributed by atoms with van der Waals surface area (Å²) in [6, 6.07) is 0. The Labute approximate surface area is 156 Å². The highest BCUT2D eigenvalue weighted by Gasteiger charge is 2.02. The molecule has 25 heavy (non-hydrogen) atoms. The van der Waals surface area contributed by atoms with Gasteiger partial charge in [0.2, 0.25) is 0 Å². The molecular formula is C22H43NO2. The minimum absolute atomic E-state index is 0.159. The molecule has 0 saturated heterocycles. The predicted octanol–water partition coefficient (Wildman–Crippen LogP) is 6.43. The second-order valence-corrected chi connectivity index (χ2v) is 7.42. The van der Waals surface area contributed by atoms with Crippen LogP contribution in [0.1, 0.15) is 103 Å². The van der Waals surface area contributed by atoms with E-state index in [9.17, 15) is 4.79 Å². The van der Waals surface area contributed by atoms with Crippen LogP contribution in [0.3, 0.4) is 0 Å². The molecule has 3 heteroatoms. The molecule has 0 aromatic carbocycles.